The smallest absolute Gasteiger partial charge is 0.227 e. The largest absolute Gasteiger partial charge is 0.456 e. The molecule has 0 fully saturated rings. The number of hydrogen-bond acceptors (Lipinski definition) is 6. The van der Waals surface area contributed by atoms with Crippen LogP contribution in [-0.2, 0) is 0 Å². The maximum absolute atomic E-state index is 6.49. The Labute approximate surface area is 356 Å². The van der Waals surface area contributed by atoms with Crippen LogP contribution in [0.25, 0.3) is 123 Å². The van der Waals surface area contributed by atoms with Crippen LogP contribution in [0.4, 0.5) is 0 Å². The second-order valence-electron chi connectivity index (χ2n) is 15.4. The van der Waals surface area contributed by atoms with Gasteiger partial charge in [-0.2, -0.15) is 0 Å². The molecular weight excluding hydrogens is 761 g/mol. The zero-order chi connectivity index (χ0) is 41.0. The van der Waals surface area contributed by atoms with Crippen molar-refractivity contribution in [3.05, 3.63) is 206 Å². The summed E-state index contributed by atoms with van der Waals surface area (Å²) in [5, 5.41) is 3.84. The molecular formula is C56H34N4O2. The summed E-state index contributed by atoms with van der Waals surface area (Å²) in [6, 6.07) is 70.7. The normalized spacial score (nSPS) is 11.5. The van der Waals surface area contributed by atoms with E-state index in [-0.39, 0.29) is 0 Å². The number of hydrogen-bond donors (Lipinski definition) is 0. The minimum atomic E-state index is 0.568. The third kappa shape index (κ3) is 6.21. The SMILES string of the molecule is c1ccc(-c2cccc(-c3ccc(-c4nc(-c5ccccc5-c5ccccc5)nc(-c5cccc6cc7oc8ccc9oc(-c%10ccccc%10)nc9c8c7cc56)n4)cc3)c2)cc1. The predicted molar refractivity (Wildman–Crippen MR) is 250 cm³/mol. The van der Waals surface area contributed by atoms with Gasteiger partial charge < -0.3 is 8.83 Å². The highest BCUT2D eigenvalue weighted by Crippen LogP contribution is 2.41. The minimum absolute atomic E-state index is 0.568. The lowest BCUT2D eigenvalue weighted by Gasteiger charge is -2.13. The molecule has 0 saturated carbocycles. The molecule has 290 valence electrons. The Bertz CT molecular complexity index is 3620. The molecule has 0 radical (unpaired) electrons. The summed E-state index contributed by atoms with van der Waals surface area (Å²) in [6.45, 7) is 0. The van der Waals surface area contributed by atoms with Crippen LogP contribution < -0.4 is 0 Å². The molecule has 0 atom stereocenters. The predicted octanol–water partition coefficient (Wildman–Crippen LogP) is 14.7. The van der Waals surface area contributed by atoms with Gasteiger partial charge in [0.15, 0.2) is 23.1 Å². The van der Waals surface area contributed by atoms with Gasteiger partial charge in [-0.1, -0.05) is 164 Å². The van der Waals surface area contributed by atoms with Crippen molar-refractivity contribution in [3.63, 3.8) is 0 Å². The van der Waals surface area contributed by atoms with Crippen LogP contribution in [0.5, 0.6) is 0 Å². The van der Waals surface area contributed by atoms with E-state index in [1.165, 1.54) is 11.1 Å². The number of furan rings is 1. The molecule has 0 aliphatic carbocycles. The van der Waals surface area contributed by atoms with E-state index < -0.39 is 0 Å². The molecule has 0 amide bonds. The molecule has 0 N–H and O–H groups in total. The first kappa shape index (κ1) is 35.5. The Hall–Kier alpha value is -8.48. The first-order valence-electron chi connectivity index (χ1n) is 20.6. The van der Waals surface area contributed by atoms with Gasteiger partial charge in [0, 0.05) is 27.6 Å². The Morgan fingerprint density at radius 1 is 0.290 bits per heavy atom. The Morgan fingerprint density at radius 3 is 1.58 bits per heavy atom. The molecule has 3 aromatic heterocycles. The van der Waals surface area contributed by atoms with E-state index in [1.54, 1.807) is 0 Å². The molecule has 62 heavy (non-hydrogen) atoms. The molecule has 0 spiro atoms. The van der Waals surface area contributed by atoms with Crippen LogP contribution in [0.15, 0.2) is 215 Å². The summed E-state index contributed by atoms with van der Waals surface area (Å²) in [5.41, 5.74) is 13.3. The molecule has 12 rings (SSSR count). The Morgan fingerprint density at radius 2 is 0.839 bits per heavy atom. The van der Waals surface area contributed by atoms with Crippen molar-refractivity contribution in [3.8, 4) is 79.0 Å². The summed E-state index contributed by atoms with van der Waals surface area (Å²) in [4.78, 5) is 20.7. The van der Waals surface area contributed by atoms with E-state index >= 15 is 0 Å². The van der Waals surface area contributed by atoms with Crippen LogP contribution >= 0.6 is 0 Å². The van der Waals surface area contributed by atoms with Gasteiger partial charge in [-0.25, -0.2) is 19.9 Å². The number of nitrogens with zero attached hydrogens (tertiary/aromatic N) is 4. The highest BCUT2D eigenvalue weighted by Gasteiger charge is 2.20. The molecule has 0 bridgehead atoms. The van der Waals surface area contributed by atoms with Gasteiger partial charge in [-0.05, 0) is 86.6 Å². The lowest BCUT2D eigenvalue weighted by Crippen LogP contribution is -2.01. The molecule has 12 aromatic rings. The van der Waals surface area contributed by atoms with Gasteiger partial charge in [0.2, 0.25) is 5.89 Å². The van der Waals surface area contributed by atoms with Crippen LogP contribution in [-0.4, -0.2) is 19.9 Å². The van der Waals surface area contributed by atoms with Crippen molar-refractivity contribution >= 4 is 43.8 Å². The van der Waals surface area contributed by atoms with Gasteiger partial charge in [0.05, 0.1) is 5.39 Å². The lowest BCUT2D eigenvalue weighted by atomic mass is 9.98. The van der Waals surface area contributed by atoms with Crippen molar-refractivity contribution in [2.24, 2.45) is 0 Å². The van der Waals surface area contributed by atoms with E-state index in [1.807, 2.05) is 66.7 Å². The molecule has 6 nitrogen and oxygen atoms in total. The second-order valence-corrected chi connectivity index (χ2v) is 15.4. The summed E-state index contributed by atoms with van der Waals surface area (Å²) >= 11 is 0. The number of benzene rings is 9. The van der Waals surface area contributed by atoms with Gasteiger partial charge in [0.1, 0.15) is 16.7 Å². The van der Waals surface area contributed by atoms with Crippen molar-refractivity contribution in [1.82, 2.24) is 19.9 Å². The van der Waals surface area contributed by atoms with Crippen LogP contribution in [0.3, 0.4) is 0 Å². The quantitative estimate of drug-likeness (QED) is 0.160. The number of oxazole rings is 1. The summed E-state index contributed by atoms with van der Waals surface area (Å²) in [5.74, 6) is 2.32. The summed E-state index contributed by atoms with van der Waals surface area (Å²) in [6.07, 6.45) is 0. The van der Waals surface area contributed by atoms with Crippen LogP contribution in [0.1, 0.15) is 0 Å². The molecule has 0 aliphatic rings. The van der Waals surface area contributed by atoms with E-state index in [2.05, 4.69) is 140 Å². The first-order chi connectivity index (χ1) is 30.7. The highest BCUT2D eigenvalue weighted by molar-refractivity contribution is 6.20. The molecule has 0 saturated heterocycles. The lowest BCUT2D eigenvalue weighted by molar-refractivity contribution is 0.619. The molecule has 9 aromatic carbocycles. The van der Waals surface area contributed by atoms with Crippen LogP contribution in [0, 0.1) is 0 Å². The van der Waals surface area contributed by atoms with Crippen molar-refractivity contribution in [2.75, 3.05) is 0 Å². The number of fused-ring (bicyclic) bond motifs is 6. The second kappa shape index (κ2) is 14.7. The molecule has 0 aliphatic heterocycles. The fourth-order valence-electron chi connectivity index (χ4n) is 8.54. The fraction of sp³-hybridized carbons (Fsp3) is 0. The maximum atomic E-state index is 6.49. The monoisotopic (exact) mass is 794 g/mol. The van der Waals surface area contributed by atoms with E-state index in [9.17, 15) is 0 Å². The van der Waals surface area contributed by atoms with Gasteiger partial charge >= 0.3 is 0 Å². The standard InChI is InChI=1S/C56H34N4O2/c1-4-14-35(15-5-1)40-20-12-21-41(32-40)36-26-28-38(29-27-36)53-58-54(44-24-11-10-23-43(44)37-16-6-2-7-17-37)60-55(59-53)45-25-13-22-42-33-50-47(34-46(42)45)51-48(61-50)30-31-49-52(51)57-56(62-49)39-18-8-3-9-19-39/h1-34H. The zero-order valence-corrected chi connectivity index (χ0v) is 33.2. The van der Waals surface area contributed by atoms with Gasteiger partial charge in [0.25, 0.3) is 0 Å². The zero-order valence-electron chi connectivity index (χ0n) is 33.2. The third-order valence-corrected chi connectivity index (χ3v) is 11.6. The van der Waals surface area contributed by atoms with Crippen molar-refractivity contribution < 1.29 is 8.83 Å². The Kier molecular flexibility index (Phi) is 8.38. The number of rotatable bonds is 7. The first-order valence-corrected chi connectivity index (χ1v) is 20.6. The number of aromatic nitrogens is 4. The minimum Gasteiger partial charge on any atom is -0.456 e. The summed E-state index contributed by atoms with van der Waals surface area (Å²) in [7, 11) is 0. The topological polar surface area (TPSA) is 77.8 Å². The van der Waals surface area contributed by atoms with Gasteiger partial charge in [-0.15, -0.1) is 0 Å². The molecule has 6 heteroatoms. The molecule has 0 unspecified atom stereocenters. The maximum Gasteiger partial charge on any atom is 0.227 e. The Balaban J connectivity index is 1.03. The third-order valence-electron chi connectivity index (χ3n) is 11.6. The van der Waals surface area contributed by atoms with Crippen LogP contribution in [0.2, 0.25) is 0 Å². The average Bonchev–Trinajstić information content (AvgIpc) is 3.95. The van der Waals surface area contributed by atoms with E-state index in [4.69, 9.17) is 28.8 Å². The van der Waals surface area contributed by atoms with E-state index in [0.29, 0.717) is 28.9 Å². The molecule has 3 heterocycles. The van der Waals surface area contributed by atoms with Crippen molar-refractivity contribution in [1.29, 1.82) is 0 Å². The summed E-state index contributed by atoms with van der Waals surface area (Å²) < 4.78 is 12.8. The van der Waals surface area contributed by atoms with E-state index in [0.717, 1.165) is 82.7 Å². The fourth-order valence-corrected chi connectivity index (χ4v) is 8.54. The van der Waals surface area contributed by atoms with Crippen molar-refractivity contribution in [2.45, 2.75) is 0 Å². The average molecular weight is 795 g/mol. The highest BCUT2D eigenvalue weighted by atomic mass is 16.4. The van der Waals surface area contributed by atoms with Gasteiger partial charge in [-0.3, -0.25) is 0 Å².